The van der Waals surface area contributed by atoms with Crippen molar-refractivity contribution in [3.8, 4) is 0 Å². The molecule has 0 amide bonds. The Bertz CT molecular complexity index is 590. The molecule has 1 saturated heterocycles. The van der Waals surface area contributed by atoms with Gasteiger partial charge in [0.2, 0.25) is 0 Å². The fraction of sp³-hybridized carbons (Fsp3) is 0.731. The van der Waals surface area contributed by atoms with Crippen LogP contribution in [0.25, 0.3) is 0 Å². The highest BCUT2D eigenvalue weighted by atomic mass is 16.1. The first kappa shape index (κ1) is 24.1. The molecule has 29 heavy (non-hydrogen) atoms. The lowest BCUT2D eigenvalue weighted by Crippen LogP contribution is -2.38. The summed E-state index contributed by atoms with van der Waals surface area (Å²) >= 11 is 0. The minimum atomic E-state index is 0.162. The SMILES string of the molecule is CCN(CCCCN1CCCCCC1C=O)C(C)Cc1ccc(C(C)(C)C)cc1. The van der Waals surface area contributed by atoms with Gasteiger partial charge in [-0.25, -0.2) is 0 Å². The minimum Gasteiger partial charge on any atom is -0.302 e. The van der Waals surface area contributed by atoms with E-state index in [2.05, 4.69) is 68.7 Å². The van der Waals surface area contributed by atoms with Crippen LogP contribution < -0.4 is 0 Å². The molecule has 1 fully saturated rings. The second-order valence-corrected chi connectivity index (χ2v) is 9.92. The Morgan fingerprint density at radius 3 is 2.48 bits per heavy atom. The summed E-state index contributed by atoms with van der Waals surface area (Å²) in [7, 11) is 0. The first-order valence-corrected chi connectivity index (χ1v) is 11.9. The Labute approximate surface area is 179 Å². The van der Waals surface area contributed by atoms with Crippen LogP contribution in [0.5, 0.6) is 0 Å². The Balaban J connectivity index is 1.77. The Hall–Kier alpha value is -1.19. The van der Waals surface area contributed by atoms with E-state index in [1.807, 2.05) is 0 Å². The second kappa shape index (κ2) is 11.9. The van der Waals surface area contributed by atoms with E-state index < -0.39 is 0 Å². The van der Waals surface area contributed by atoms with Gasteiger partial charge in [-0.15, -0.1) is 0 Å². The van der Waals surface area contributed by atoms with E-state index in [9.17, 15) is 4.79 Å². The van der Waals surface area contributed by atoms with E-state index in [0.29, 0.717) is 6.04 Å². The maximum atomic E-state index is 11.4. The van der Waals surface area contributed by atoms with Gasteiger partial charge in [-0.2, -0.15) is 0 Å². The van der Waals surface area contributed by atoms with Gasteiger partial charge in [0.25, 0.3) is 0 Å². The molecular formula is C26H44N2O. The van der Waals surface area contributed by atoms with E-state index in [0.717, 1.165) is 39.0 Å². The maximum Gasteiger partial charge on any atom is 0.137 e. The quantitative estimate of drug-likeness (QED) is 0.385. The van der Waals surface area contributed by atoms with Gasteiger partial charge in [-0.3, -0.25) is 4.90 Å². The van der Waals surface area contributed by atoms with Crippen molar-refractivity contribution >= 4 is 6.29 Å². The van der Waals surface area contributed by atoms with Crippen LogP contribution in [-0.4, -0.2) is 54.3 Å². The maximum absolute atomic E-state index is 11.4. The molecule has 0 bridgehead atoms. The summed E-state index contributed by atoms with van der Waals surface area (Å²) in [5.74, 6) is 0. The smallest absolute Gasteiger partial charge is 0.137 e. The molecule has 1 aliphatic heterocycles. The first-order chi connectivity index (χ1) is 13.8. The fourth-order valence-electron chi connectivity index (χ4n) is 4.56. The average Bonchev–Trinajstić information content (AvgIpc) is 2.92. The minimum absolute atomic E-state index is 0.162. The average molecular weight is 401 g/mol. The van der Waals surface area contributed by atoms with Gasteiger partial charge < -0.3 is 9.69 Å². The first-order valence-electron chi connectivity index (χ1n) is 11.9. The lowest BCUT2D eigenvalue weighted by Gasteiger charge is -2.29. The molecule has 164 valence electrons. The molecule has 3 nitrogen and oxygen atoms in total. The van der Waals surface area contributed by atoms with Crippen LogP contribution in [0, 0.1) is 0 Å². The van der Waals surface area contributed by atoms with E-state index in [1.165, 1.54) is 49.5 Å². The molecule has 0 N–H and O–H groups in total. The van der Waals surface area contributed by atoms with Gasteiger partial charge in [-0.1, -0.05) is 64.8 Å². The number of likely N-dealkylation sites (tertiary alicyclic amines) is 1. The number of hydrogen-bond acceptors (Lipinski definition) is 3. The summed E-state index contributed by atoms with van der Waals surface area (Å²) < 4.78 is 0. The van der Waals surface area contributed by atoms with Crippen LogP contribution in [0.1, 0.15) is 84.3 Å². The van der Waals surface area contributed by atoms with Gasteiger partial charge in [0, 0.05) is 6.04 Å². The van der Waals surface area contributed by atoms with Gasteiger partial charge in [0.05, 0.1) is 6.04 Å². The molecule has 1 aliphatic rings. The number of aldehydes is 1. The largest absolute Gasteiger partial charge is 0.302 e. The molecule has 0 aliphatic carbocycles. The van der Waals surface area contributed by atoms with E-state index in [1.54, 1.807) is 0 Å². The Morgan fingerprint density at radius 1 is 1.14 bits per heavy atom. The molecule has 0 saturated carbocycles. The Kier molecular flexibility index (Phi) is 9.85. The second-order valence-electron chi connectivity index (χ2n) is 9.92. The summed E-state index contributed by atoms with van der Waals surface area (Å²) in [6.07, 6.45) is 9.47. The molecule has 3 heteroatoms. The summed E-state index contributed by atoms with van der Waals surface area (Å²) in [5.41, 5.74) is 3.06. The molecule has 2 unspecified atom stereocenters. The van der Waals surface area contributed by atoms with Crippen LogP contribution in [0.3, 0.4) is 0 Å². The van der Waals surface area contributed by atoms with Crippen LogP contribution in [0.4, 0.5) is 0 Å². The van der Waals surface area contributed by atoms with Crippen LogP contribution in [0.2, 0.25) is 0 Å². The number of unbranched alkanes of at least 4 members (excludes halogenated alkanes) is 1. The molecule has 0 aromatic heterocycles. The summed E-state index contributed by atoms with van der Waals surface area (Å²) in [6, 6.07) is 9.93. The van der Waals surface area contributed by atoms with Crippen molar-refractivity contribution in [2.24, 2.45) is 0 Å². The molecule has 1 heterocycles. The predicted octanol–water partition coefficient (Wildman–Crippen LogP) is 5.46. The summed E-state index contributed by atoms with van der Waals surface area (Å²) in [6.45, 7) is 15.9. The normalized spacial score (nSPS) is 19.9. The molecule has 2 rings (SSSR count). The van der Waals surface area contributed by atoms with Crippen molar-refractivity contribution in [2.75, 3.05) is 26.2 Å². The molecule has 2 atom stereocenters. The van der Waals surface area contributed by atoms with E-state index in [-0.39, 0.29) is 11.5 Å². The summed E-state index contributed by atoms with van der Waals surface area (Å²) in [5, 5.41) is 0. The number of benzene rings is 1. The number of likely N-dealkylation sites (N-methyl/N-ethyl adjacent to an activating group) is 1. The van der Waals surface area contributed by atoms with Crippen LogP contribution >= 0.6 is 0 Å². The van der Waals surface area contributed by atoms with Gasteiger partial charge in [0.1, 0.15) is 6.29 Å². The number of carbonyl (C=O) groups is 1. The van der Waals surface area contributed by atoms with Crippen molar-refractivity contribution < 1.29 is 4.79 Å². The number of carbonyl (C=O) groups excluding carboxylic acids is 1. The molecule has 0 spiro atoms. The predicted molar refractivity (Wildman–Crippen MR) is 125 cm³/mol. The third-order valence-electron chi connectivity index (χ3n) is 6.59. The highest BCUT2D eigenvalue weighted by molar-refractivity contribution is 5.57. The molecule has 0 radical (unpaired) electrons. The molecule has 1 aromatic carbocycles. The van der Waals surface area contributed by atoms with Crippen molar-refractivity contribution in [3.63, 3.8) is 0 Å². The molecular weight excluding hydrogens is 356 g/mol. The van der Waals surface area contributed by atoms with Gasteiger partial charge >= 0.3 is 0 Å². The lowest BCUT2D eigenvalue weighted by molar-refractivity contribution is -0.112. The third-order valence-corrected chi connectivity index (χ3v) is 6.59. The van der Waals surface area contributed by atoms with E-state index >= 15 is 0 Å². The highest BCUT2D eigenvalue weighted by Crippen LogP contribution is 2.23. The van der Waals surface area contributed by atoms with Gasteiger partial charge in [0.15, 0.2) is 0 Å². The third kappa shape index (κ3) is 7.86. The zero-order valence-corrected chi connectivity index (χ0v) is 19.6. The fourth-order valence-corrected chi connectivity index (χ4v) is 4.56. The zero-order chi connectivity index (χ0) is 21.3. The highest BCUT2D eigenvalue weighted by Gasteiger charge is 2.20. The number of nitrogens with zero attached hydrogens (tertiary/aromatic N) is 2. The van der Waals surface area contributed by atoms with Gasteiger partial charge in [-0.05, 0) is 81.7 Å². The Morgan fingerprint density at radius 2 is 1.86 bits per heavy atom. The van der Waals surface area contributed by atoms with Crippen LogP contribution in [0.15, 0.2) is 24.3 Å². The number of hydrogen-bond donors (Lipinski definition) is 0. The number of rotatable bonds is 10. The zero-order valence-electron chi connectivity index (χ0n) is 19.6. The van der Waals surface area contributed by atoms with Crippen molar-refractivity contribution in [1.82, 2.24) is 9.80 Å². The lowest BCUT2D eigenvalue weighted by atomic mass is 9.86. The topological polar surface area (TPSA) is 23.6 Å². The standard InChI is InChI=1S/C26H44N2O/c1-6-27(17-10-11-19-28-18-9-7-8-12-25(28)21-29)22(2)20-23-13-15-24(16-14-23)26(3,4)5/h13-16,21-22,25H,6-12,17-20H2,1-5H3. The van der Waals surface area contributed by atoms with Crippen molar-refractivity contribution in [3.05, 3.63) is 35.4 Å². The van der Waals surface area contributed by atoms with Crippen LogP contribution in [-0.2, 0) is 16.6 Å². The van der Waals surface area contributed by atoms with Crippen molar-refractivity contribution in [2.45, 2.75) is 97.1 Å². The van der Waals surface area contributed by atoms with Crippen molar-refractivity contribution in [1.29, 1.82) is 0 Å². The monoisotopic (exact) mass is 400 g/mol. The molecule has 1 aromatic rings. The van der Waals surface area contributed by atoms with E-state index in [4.69, 9.17) is 0 Å². The summed E-state index contributed by atoms with van der Waals surface area (Å²) in [4.78, 5) is 16.4.